The molecule has 2 aliphatic rings. The Morgan fingerprint density at radius 3 is 2.90 bits per heavy atom. The topological polar surface area (TPSA) is 86.9 Å². The van der Waals surface area contributed by atoms with Crippen LogP contribution >= 0.6 is 0 Å². The lowest BCUT2D eigenvalue weighted by Gasteiger charge is -2.36. The molecule has 0 radical (unpaired) electrons. The zero-order valence-electron chi connectivity index (χ0n) is 11.1. The number of likely N-dealkylation sites (tertiary alicyclic amines) is 1. The Labute approximate surface area is 116 Å². The van der Waals surface area contributed by atoms with Gasteiger partial charge in [0.2, 0.25) is 0 Å². The summed E-state index contributed by atoms with van der Waals surface area (Å²) in [5, 5.41) is 9.08. The zero-order valence-corrected chi connectivity index (χ0v) is 11.1. The van der Waals surface area contributed by atoms with Gasteiger partial charge in [0.25, 0.3) is 5.91 Å². The summed E-state index contributed by atoms with van der Waals surface area (Å²) in [6.45, 7) is 1.45. The fourth-order valence-corrected chi connectivity index (χ4v) is 3.09. The largest absolute Gasteiger partial charge is 0.465 e. The molecule has 20 heavy (non-hydrogen) atoms. The van der Waals surface area contributed by atoms with Crippen LogP contribution in [0.5, 0.6) is 0 Å². The second-order valence-corrected chi connectivity index (χ2v) is 5.34. The molecule has 0 aromatic heterocycles. The third-order valence-corrected chi connectivity index (χ3v) is 4.11. The number of fused-ring (bicyclic) bond motifs is 1. The van der Waals surface area contributed by atoms with Crippen molar-refractivity contribution in [3.63, 3.8) is 0 Å². The van der Waals surface area contributed by atoms with E-state index >= 15 is 0 Å². The molecule has 106 valence electrons. The highest BCUT2D eigenvalue weighted by Gasteiger charge is 2.36. The van der Waals surface area contributed by atoms with Crippen molar-refractivity contribution in [1.29, 1.82) is 0 Å². The summed E-state index contributed by atoms with van der Waals surface area (Å²) in [6.07, 6.45) is 0.703. The first-order valence-electron chi connectivity index (χ1n) is 6.74. The lowest BCUT2D eigenvalue weighted by atomic mass is 10.0. The van der Waals surface area contributed by atoms with Crippen LogP contribution in [0.3, 0.4) is 0 Å². The molecule has 1 aromatic rings. The molecule has 0 bridgehead atoms. The summed E-state index contributed by atoms with van der Waals surface area (Å²) in [5.74, 6) is -0.0738. The molecule has 2 amide bonds. The Morgan fingerprint density at radius 1 is 1.40 bits per heavy atom. The first-order valence-corrected chi connectivity index (χ1v) is 6.74. The maximum absolute atomic E-state index is 12.5. The average molecular weight is 275 g/mol. The molecule has 1 unspecified atom stereocenters. The van der Waals surface area contributed by atoms with Crippen LogP contribution in [-0.2, 0) is 6.54 Å². The van der Waals surface area contributed by atoms with E-state index < -0.39 is 6.09 Å². The highest BCUT2D eigenvalue weighted by Crippen LogP contribution is 2.31. The Kier molecular flexibility index (Phi) is 3.00. The fraction of sp³-hybridized carbons (Fsp3) is 0.429. The summed E-state index contributed by atoms with van der Waals surface area (Å²) < 4.78 is 0. The first kappa shape index (κ1) is 12.8. The van der Waals surface area contributed by atoms with Crippen molar-refractivity contribution < 1.29 is 14.7 Å². The van der Waals surface area contributed by atoms with E-state index in [9.17, 15) is 9.59 Å². The molecule has 1 fully saturated rings. The van der Waals surface area contributed by atoms with Gasteiger partial charge >= 0.3 is 6.09 Å². The smallest absolute Gasteiger partial charge is 0.407 e. The molecule has 1 atom stereocenters. The van der Waals surface area contributed by atoms with Crippen molar-refractivity contribution in [1.82, 2.24) is 9.80 Å². The highest BCUT2D eigenvalue weighted by atomic mass is 16.4. The lowest BCUT2D eigenvalue weighted by Crippen LogP contribution is -2.49. The standard InChI is InChI=1S/C14H17N3O3/c15-11-5-1-3-9-7-17(13(18)12(9)11)10-4-2-6-16(8-10)14(19)20/h1,3,5,10H,2,4,6-8,15H2,(H,19,20). The highest BCUT2D eigenvalue weighted by molar-refractivity contribution is 6.03. The predicted octanol–water partition coefficient (Wildman–Crippen LogP) is 1.37. The number of amides is 2. The van der Waals surface area contributed by atoms with Crippen LogP contribution in [0.15, 0.2) is 18.2 Å². The van der Waals surface area contributed by atoms with Gasteiger partial charge in [-0.2, -0.15) is 0 Å². The number of nitrogens with zero attached hydrogens (tertiary/aromatic N) is 2. The number of carboxylic acid groups (broad SMARTS) is 1. The van der Waals surface area contributed by atoms with Crippen molar-refractivity contribution in [2.24, 2.45) is 0 Å². The van der Waals surface area contributed by atoms with Gasteiger partial charge in [-0.25, -0.2) is 4.79 Å². The van der Waals surface area contributed by atoms with Gasteiger partial charge in [0.1, 0.15) is 0 Å². The fourth-order valence-electron chi connectivity index (χ4n) is 3.09. The lowest BCUT2D eigenvalue weighted by molar-refractivity contribution is 0.0560. The Bertz CT molecular complexity index is 573. The number of hydrogen-bond donors (Lipinski definition) is 2. The number of nitrogen functional groups attached to an aromatic ring is 1. The normalized spacial score (nSPS) is 22.0. The SMILES string of the molecule is Nc1cccc2c1C(=O)N(C1CCCN(C(=O)O)C1)C2. The third kappa shape index (κ3) is 1.97. The van der Waals surface area contributed by atoms with Crippen LogP contribution in [-0.4, -0.2) is 46.0 Å². The van der Waals surface area contributed by atoms with Gasteiger partial charge in [-0.1, -0.05) is 12.1 Å². The number of rotatable bonds is 1. The van der Waals surface area contributed by atoms with Crippen molar-refractivity contribution in [2.75, 3.05) is 18.8 Å². The van der Waals surface area contributed by atoms with E-state index in [0.29, 0.717) is 30.9 Å². The van der Waals surface area contributed by atoms with Gasteiger partial charge in [-0.15, -0.1) is 0 Å². The summed E-state index contributed by atoms with van der Waals surface area (Å²) >= 11 is 0. The Morgan fingerprint density at radius 2 is 2.20 bits per heavy atom. The second kappa shape index (κ2) is 4.70. The molecule has 2 heterocycles. The van der Waals surface area contributed by atoms with E-state index in [2.05, 4.69) is 0 Å². The number of anilines is 1. The van der Waals surface area contributed by atoms with Crippen molar-refractivity contribution in [3.8, 4) is 0 Å². The van der Waals surface area contributed by atoms with E-state index in [1.807, 2.05) is 12.1 Å². The molecule has 6 nitrogen and oxygen atoms in total. The van der Waals surface area contributed by atoms with Crippen molar-refractivity contribution in [2.45, 2.75) is 25.4 Å². The van der Waals surface area contributed by atoms with Crippen molar-refractivity contribution in [3.05, 3.63) is 29.3 Å². The Hall–Kier alpha value is -2.24. The van der Waals surface area contributed by atoms with Gasteiger partial charge in [0, 0.05) is 25.3 Å². The molecule has 6 heteroatoms. The number of piperidine rings is 1. The molecule has 1 saturated heterocycles. The molecule has 3 N–H and O–H groups in total. The van der Waals surface area contributed by atoms with E-state index in [4.69, 9.17) is 10.8 Å². The third-order valence-electron chi connectivity index (χ3n) is 4.11. The van der Waals surface area contributed by atoms with Crippen LogP contribution in [0.1, 0.15) is 28.8 Å². The van der Waals surface area contributed by atoms with E-state index in [-0.39, 0.29) is 11.9 Å². The van der Waals surface area contributed by atoms with Gasteiger partial charge in [-0.3, -0.25) is 4.79 Å². The minimum atomic E-state index is -0.918. The molecule has 3 rings (SSSR count). The molecule has 2 aliphatic heterocycles. The molecule has 0 aliphatic carbocycles. The van der Waals surface area contributed by atoms with E-state index in [0.717, 1.165) is 18.4 Å². The van der Waals surface area contributed by atoms with Gasteiger partial charge in [-0.05, 0) is 24.5 Å². The van der Waals surface area contributed by atoms with Crippen LogP contribution in [0.25, 0.3) is 0 Å². The summed E-state index contributed by atoms with van der Waals surface area (Å²) in [5.41, 5.74) is 7.89. The van der Waals surface area contributed by atoms with Crippen LogP contribution < -0.4 is 5.73 Å². The molecular formula is C14H17N3O3. The summed E-state index contributed by atoms with van der Waals surface area (Å²) in [4.78, 5) is 26.7. The predicted molar refractivity (Wildman–Crippen MR) is 73.3 cm³/mol. The average Bonchev–Trinajstić information content (AvgIpc) is 2.77. The quantitative estimate of drug-likeness (QED) is 0.758. The van der Waals surface area contributed by atoms with Gasteiger partial charge in [0.15, 0.2) is 0 Å². The summed E-state index contributed by atoms with van der Waals surface area (Å²) in [7, 11) is 0. The minimum Gasteiger partial charge on any atom is -0.465 e. The van der Waals surface area contributed by atoms with Crippen LogP contribution in [0.2, 0.25) is 0 Å². The van der Waals surface area contributed by atoms with E-state index in [1.165, 1.54) is 4.90 Å². The zero-order chi connectivity index (χ0) is 14.3. The minimum absolute atomic E-state index is 0.0563. The van der Waals surface area contributed by atoms with E-state index in [1.54, 1.807) is 11.0 Å². The molecular weight excluding hydrogens is 258 g/mol. The number of carbonyl (C=O) groups excluding carboxylic acids is 1. The maximum Gasteiger partial charge on any atom is 0.407 e. The maximum atomic E-state index is 12.5. The van der Waals surface area contributed by atoms with Gasteiger partial charge in [0.05, 0.1) is 11.6 Å². The monoisotopic (exact) mass is 275 g/mol. The second-order valence-electron chi connectivity index (χ2n) is 5.34. The van der Waals surface area contributed by atoms with Crippen LogP contribution in [0.4, 0.5) is 10.5 Å². The Balaban J connectivity index is 1.82. The number of benzene rings is 1. The van der Waals surface area contributed by atoms with Gasteiger partial charge < -0.3 is 20.6 Å². The van der Waals surface area contributed by atoms with Crippen LogP contribution in [0, 0.1) is 0 Å². The number of hydrogen-bond acceptors (Lipinski definition) is 3. The molecule has 0 spiro atoms. The summed E-state index contributed by atoms with van der Waals surface area (Å²) in [6, 6.07) is 5.42. The number of carbonyl (C=O) groups is 2. The first-order chi connectivity index (χ1) is 9.58. The number of nitrogens with two attached hydrogens (primary N) is 1. The van der Waals surface area contributed by atoms with Crippen molar-refractivity contribution >= 4 is 17.7 Å². The molecule has 0 saturated carbocycles. The molecule has 1 aromatic carbocycles.